The van der Waals surface area contributed by atoms with Crippen molar-refractivity contribution in [2.24, 2.45) is 7.05 Å². The van der Waals surface area contributed by atoms with Crippen LogP contribution in [0.2, 0.25) is 0 Å². The summed E-state index contributed by atoms with van der Waals surface area (Å²) < 4.78 is 1.74. The molecule has 0 spiro atoms. The Morgan fingerprint density at radius 1 is 1.58 bits per heavy atom. The molecule has 5 heteroatoms. The lowest BCUT2D eigenvalue weighted by Gasteiger charge is -1.88. The van der Waals surface area contributed by atoms with E-state index in [0.29, 0.717) is 5.82 Å². The van der Waals surface area contributed by atoms with E-state index >= 15 is 0 Å². The lowest BCUT2D eigenvalue weighted by molar-refractivity contribution is 0.755. The normalized spacial score (nSPS) is 11.2. The third kappa shape index (κ3) is 0.731. The number of H-pyrrole nitrogens is 1. The molecule has 0 amide bonds. The Morgan fingerprint density at radius 2 is 2.33 bits per heavy atom. The van der Waals surface area contributed by atoms with Crippen molar-refractivity contribution in [3.63, 3.8) is 0 Å². The molecule has 0 saturated heterocycles. The fourth-order valence-electron chi connectivity index (χ4n) is 1.39. The first kappa shape index (κ1) is 7.15. The Kier molecular flexibility index (Phi) is 1.33. The molecule has 12 heavy (non-hydrogen) atoms. The number of hydrogen-bond acceptors (Lipinski definition) is 3. The second-order valence-electron chi connectivity index (χ2n) is 2.76. The van der Waals surface area contributed by atoms with Gasteiger partial charge in [-0.05, 0) is 6.42 Å². The summed E-state index contributed by atoms with van der Waals surface area (Å²) in [5.74, 6) is 0.606. The smallest absolute Gasteiger partial charge is 0.181 e. The van der Waals surface area contributed by atoms with E-state index in [-0.39, 0.29) is 0 Å². The summed E-state index contributed by atoms with van der Waals surface area (Å²) in [6, 6.07) is 0. The van der Waals surface area contributed by atoms with Gasteiger partial charge in [0.2, 0.25) is 0 Å². The highest BCUT2D eigenvalue weighted by Gasteiger charge is 2.12. The Labute approximate surface area is 69.6 Å². The van der Waals surface area contributed by atoms with Crippen LogP contribution in [0.25, 0.3) is 11.0 Å². The van der Waals surface area contributed by atoms with Gasteiger partial charge < -0.3 is 5.73 Å². The van der Waals surface area contributed by atoms with Crippen LogP contribution in [0.1, 0.15) is 12.6 Å². The number of nitrogens with one attached hydrogen (secondary N) is 1. The SMILES string of the molecule is CCc1nn(C)c2n[nH]c(N)c12. The fraction of sp³-hybridized carbons (Fsp3) is 0.429. The molecular formula is C7H11N5. The van der Waals surface area contributed by atoms with Crippen molar-refractivity contribution in [3.05, 3.63) is 5.69 Å². The first-order valence-electron chi connectivity index (χ1n) is 3.89. The zero-order valence-electron chi connectivity index (χ0n) is 7.13. The van der Waals surface area contributed by atoms with E-state index in [1.165, 1.54) is 0 Å². The molecule has 2 heterocycles. The zero-order valence-corrected chi connectivity index (χ0v) is 7.13. The highest BCUT2D eigenvalue weighted by atomic mass is 15.3. The first-order valence-corrected chi connectivity index (χ1v) is 3.89. The summed E-state index contributed by atoms with van der Waals surface area (Å²) >= 11 is 0. The van der Waals surface area contributed by atoms with Crippen LogP contribution in [0.15, 0.2) is 0 Å². The molecule has 3 N–H and O–H groups in total. The van der Waals surface area contributed by atoms with Gasteiger partial charge in [0.1, 0.15) is 5.82 Å². The largest absolute Gasteiger partial charge is 0.383 e. The number of aryl methyl sites for hydroxylation is 2. The van der Waals surface area contributed by atoms with Crippen molar-refractivity contribution in [1.82, 2.24) is 20.0 Å². The Bertz CT molecular complexity index is 411. The van der Waals surface area contributed by atoms with Crippen LogP contribution in [0, 0.1) is 0 Å². The van der Waals surface area contributed by atoms with Gasteiger partial charge in [-0.2, -0.15) is 10.2 Å². The van der Waals surface area contributed by atoms with Crippen LogP contribution in [0.3, 0.4) is 0 Å². The van der Waals surface area contributed by atoms with Crippen molar-refractivity contribution in [1.29, 1.82) is 0 Å². The molecule has 2 aromatic heterocycles. The van der Waals surface area contributed by atoms with Crippen LogP contribution in [-0.2, 0) is 13.5 Å². The summed E-state index contributed by atoms with van der Waals surface area (Å²) in [6.45, 7) is 2.05. The van der Waals surface area contributed by atoms with Gasteiger partial charge in [0.05, 0.1) is 11.1 Å². The minimum Gasteiger partial charge on any atom is -0.383 e. The van der Waals surface area contributed by atoms with E-state index in [2.05, 4.69) is 15.3 Å². The van der Waals surface area contributed by atoms with E-state index < -0.39 is 0 Å². The maximum atomic E-state index is 5.69. The highest BCUT2D eigenvalue weighted by molar-refractivity contribution is 5.88. The third-order valence-corrected chi connectivity index (χ3v) is 1.98. The maximum Gasteiger partial charge on any atom is 0.181 e. The molecule has 0 unspecified atom stereocenters. The van der Waals surface area contributed by atoms with Gasteiger partial charge in [-0.3, -0.25) is 5.10 Å². The van der Waals surface area contributed by atoms with Gasteiger partial charge in [0.25, 0.3) is 0 Å². The van der Waals surface area contributed by atoms with Gasteiger partial charge >= 0.3 is 0 Å². The van der Waals surface area contributed by atoms with E-state index in [1.54, 1.807) is 4.68 Å². The zero-order chi connectivity index (χ0) is 8.72. The minimum absolute atomic E-state index is 0.606. The van der Waals surface area contributed by atoms with Crippen LogP contribution < -0.4 is 5.73 Å². The van der Waals surface area contributed by atoms with Crippen molar-refractivity contribution in [3.8, 4) is 0 Å². The van der Waals surface area contributed by atoms with Gasteiger partial charge in [-0.1, -0.05) is 6.92 Å². The molecule has 0 aliphatic carbocycles. The van der Waals surface area contributed by atoms with Crippen molar-refractivity contribution >= 4 is 16.9 Å². The molecule has 0 radical (unpaired) electrons. The molecule has 0 aliphatic rings. The molecule has 2 rings (SSSR count). The third-order valence-electron chi connectivity index (χ3n) is 1.98. The highest BCUT2D eigenvalue weighted by Crippen LogP contribution is 2.21. The van der Waals surface area contributed by atoms with Crippen molar-refractivity contribution in [2.75, 3.05) is 5.73 Å². The number of nitrogens with zero attached hydrogens (tertiary/aromatic N) is 3. The van der Waals surface area contributed by atoms with E-state index in [9.17, 15) is 0 Å². The molecule has 2 aromatic rings. The monoisotopic (exact) mass is 165 g/mol. The Hall–Kier alpha value is -1.52. The standard InChI is InChI=1S/C7H11N5/c1-3-4-5-6(8)9-10-7(5)12(2)11-4/h3H2,1-2H3,(H3,8,9,10). The van der Waals surface area contributed by atoms with E-state index in [4.69, 9.17) is 5.73 Å². The predicted octanol–water partition coefficient (Wildman–Crippen LogP) is 0.441. The second-order valence-corrected chi connectivity index (χ2v) is 2.76. The average molecular weight is 165 g/mol. The molecule has 0 aromatic carbocycles. The lowest BCUT2D eigenvalue weighted by atomic mass is 10.2. The number of rotatable bonds is 1. The van der Waals surface area contributed by atoms with E-state index in [0.717, 1.165) is 23.1 Å². The minimum atomic E-state index is 0.606. The van der Waals surface area contributed by atoms with Crippen molar-refractivity contribution in [2.45, 2.75) is 13.3 Å². The number of fused-ring (bicyclic) bond motifs is 1. The fourth-order valence-corrected chi connectivity index (χ4v) is 1.39. The Balaban J connectivity index is 2.85. The van der Waals surface area contributed by atoms with Gasteiger partial charge in [-0.25, -0.2) is 4.68 Å². The Morgan fingerprint density at radius 3 is 3.00 bits per heavy atom. The molecule has 64 valence electrons. The quantitative estimate of drug-likeness (QED) is 0.644. The van der Waals surface area contributed by atoms with Gasteiger partial charge in [0.15, 0.2) is 5.65 Å². The summed E-state index contributed by atoms with van der Waals surface area (Å²) in [5.41, 5.74) is 7.52. The first-order chi connectivity index (χ1) is 5.74. The van der Waals surface area contributed by atoms with Crippen LogP contribution in [-0.4, -0.2) is 20.0 Å². The molecule has 0 aliphatic heterocycles. The summed E-state index contributed by atoms with van der Waals surface area (Å²) in [4.78, 5) is 0. The second kappa shape index (κ2) is 2.23. The number of aromatic amines is 1. The molecule has 0 fully saturated rings. The molecule has 0 atom stereocenters. The van der Waals surface area contributed by atoms with Gasteiger partial charge in [0, 0.05) is 7.05 Å². The van der Waals surface area contributed by atoms with Crippen LogP contribution in [0.4, 0.5) is 5.82 Å². The van der Waals surface area contributed by atoms with E-state index in [1.807, 2.05) is 14.0 Å². The number of nitrogens with two attached hydrogens (primary N) is 1. The molecule has 0 bridgehead atoms. The summed E-state index contributed by atoms with van der Waals surface area (Å²) in [5, 5.41) is 12.0. The molecule has 5 nitrogen and oxygen atoms in total. The average Bonchev–Trinajstić information content (AvgIpc) is 2.56. The number of aromatic nitrogens is 4. The van der Waals surface area contributed by atoms with Crippen LogP contribution >= 0.6 is 0 Å². The van der Waals surface area contributed by atoms with Crippen molar-refractivity contribution < 1.29 is 0 Å². The summed E-state index contributed by atoms with van der Waals surface area (Å²) in [7, 11) is 1.86. The van der Waals surface area contributed by atoms with Crippen LogP contribution in [0.5, 0.6) is 0 Å². The topological polar surface area (TPSA) is 72.5 Å². The molecular weight excluding hydrogens is 154 g/mol. The maximum absolute atomic E-state index is 5.69. The number of anilines is 1. The number of nitrogen functional groups attached to an aromatic ring is 1. The lowest BCUT2D eigenvalue weighted by Crippen LogP contribution is -1.93. The molecule has 0 saturated carbocycles. The van der Waals surface area contributed by atoms with Gasteiger partial charge in [-0.15, -0.1) is 0 Å². The summed E-state index contributed by atoms with van der Waals surface area (Å²) in [6.07, 6.45) is 0.876. The number of hydrogen-bond donors (Lipinski definition) is 2. The predicted molar refractivity (Wildman–Crippen MR) is 46.7 cm³/mol.